The van der Waals surface area contributed by atoms with Crippen LogP contribution in [-0.2, 0) is 16.0 Å². The third-order valence-electron chi connectivity index (χ3n) is 6.39. The van der Waals surface area contributed by atoms with E-state index in [1.54, 1.807) is 12.5 Å². The second-order valence-corrected chi connectivity index (χ2v) is 9.15. The molecule has 0 aliphatic carbocycles. The quantitative estimate of drug-likeness (QED) is 0.524. The number of aromatic nitrogens is 2. The number of hydrogen-bond acceptors (Lipinski definition) is 3. The van der Waals surface area contributed by atoms with Crippen molar-refractivity contribution in [1.82, 2.24) is 20.2 Å². The molecule has 4 rings (SSSR count). The van der Waals surface area contributed by atoms with E-state index in [9.17, 15) is 14.0 Å². The number of carbonyl (C=O) groups excluding carboxylic acids is 2. The van der Waals surface area contributed by atoms with Gasteiger partial charge in [-0.05, 0) is 29.0 Å². The number of carbonyl (C=O) groups is 2. The molecule has 1 saturated heterocycles. The van der Waals surface area contributed by atoms with E-state index in [2.05, 4.69) is 41.3 Å². The average molecular weight is 463 g/mol. The molecule has 0 unspecified atom stereocenters. The van der Waals surface area contributed by atoms with Crippen LogP contribution in [0.15, 0.2) is 67.1 Å². The number of aromatic amines is 1. The van der Waals surface area contributed by atoms with Gasteiger partial charge >= 0.3 is 0 Å². The number of nitrogens with zero attached hydrogens (tertiary/aromatic N) is 2. The zero-order chi connectivity index (χ0) is 24.1. The van der Waals surface area contributed by atoms with Crippen molar-refractivity contribution in [3.05, 3.63) is 89.5 Å². The minimum atomic E-state index is -1.22. The largest absolute Gasteiger partial charge is 0.348 e. The van der Waals surface area contributed by atoms with E-state index in [1.165, 1.54) is 10.5 Å². The van der Waals surface area contributed by atoms with Crippen molar-refractivity contribution in [3.8, 4) is 0 Å². The maximum atomic E-state index is 14.4. The van der Waals surface area contributed by atoms with Crippen molar-refractivity contribution in [2.45, 2.75) is 57.3 Å². The summed E-state index contributed by atoms with van der Waals surface area (Å²) >= 11 is 0. The van der Waals surface area contributed by atoms with Gasteiger partial charge in [-0.15, -0.1) is 0 Å². The summed E-state index contributed by atoms with van der Waals surface area (Å²) in [5.74, 6) is -0.163. The standard InChI is InChI=1S/C27H31FN4O2/c1-18(2)19-8-10-21(11-9-19)26(20-6-4-3-5-7-20)31-27(34)24-14-22(28)16-32(24)25(33)13-12-23-15-29-17-30-23/h3-11,15,17-18,22,24,26H,12-14,16H2,1-2H3,(H,29,30)(H,31,34)/t22-,24+,26+/m1/s1. The van der Waals surface area contributed by atoms with Crippen LogP contribution in [0.4, 0.5) is 4.39 Å². The highest BCUT2D eigenvalue weighted by Crippen LogP contribution is 2.27. The number of aryl methyl sites for hydroxylation is 1. The zero-order valence-electron chi connectivity index (χ0n) is 19.6. The van der Waals surface area contributed by atoms with Gasteiger partial charge in [-0.2, -0.15) is 0 Å². The van der Waals surface area contributed by atoms with Crippen LogP contribution < -0.4 is 5.32 Å². The maximum absolute atomic E-state index is 14.4. The van der Waals surface area contributed by atoms with E-state index in [0.29, 0.717) is 12.3 Å². The molecule has 3 atom stereocenters. The summed E-state index contributed by atoms with van der Waals surface area (Å²) in [7, 11) is 0. The van der Waals surface area contributed by atoms with Gasteiger partial charge in [0.25, 0.3) is 0 Å². The van der Waals surface area contributed by atoms with E-state index in [0.717, 1.165) is 16.8 Å². The number of rotatable bonds is 8. The van der Waals surface area contributed by atoms with Crippen molar-refractivity contribution in [2.24, 2.45) is 0 Å². The number of amides is 2. The van der Waals surface area contributed by atoms with Crippen LogP contribution in [0.5, 0.6) is 0 Å². The van der Waals surface area contributed by atoms with Gasteiger partial charge in [0, 0.05) is 24.7 Å². The van der Waals surface area contributed by atoms with E-state index in [-0.39, 0.29) is 31.2 Å². The van der Waals surface area contributed by atoms with Crippen molar-refractivity contribution < 1.29 is 14.0 Å². The van der Waals surface area contributed by atoms with Crippen LogP contribution in [0.1, 0.15) is 61.0 Å². The van der Waals surface area contributed by atoms with Crippen LogP contribution in [0, 0.1) is 0 Å². The fraction of sp³-hybridized carbons (Fsp3) is 0.370. The van der Waals surface area contributed by atoms with Crippen LogP contribution >= 0.6 is 0 Å². The van der Waals surface area contributed by atoms with Gasteiger partial charge in [-0.25, -0.2) is 9.37 Å². The second-order valence-electron chi connectivity index (χ2n) is 9.15. The van der Waals surface area contributed by atoms with Gasteiger partial charge in [0.1, 0.15) is 12.2 Å². The molecule has 1 aliphatic rings. The monoisotopic (exact) mass is 462 g/mol. The lowest BCUT2D eigenvalue weighted by Gasteiger charge is -2.27. The first-order valence-electron chi connectivity index (χ1n) is 11.8. The molecule has 34 heavy (non-hydrogen) atoms. The Morgan fingerprint density at radius 1 is 1.09 bits per heavy atom. The van der Waals surface area contributed by atoms with Crippen LogP contribution in [0.3, 0.4) is 0 Å². The lowest BCUT2D eigenvalue weighted by Crippen LogP contribution is -2.47. The molecule has 0 bridgehead atoms. The first-order chi connectivity index (χ1) is 16.4. The SMILES string of the molecule is CC(C)c1ccc([C@@H](NC(=O)[C@@H]2C[C@@H](F)CN2C(=O)CCc2cnc[nH]2)c2ccccc2)cc1. The highest BCUT2D eigenvalue weighted by molar-refractivity contribution is 5.89. The molecular formula is C27H31FN4O2. The summed E-state index contributed by atoms with van der Waals surface area (Å²) in [6.45, 7) is 4.22. The molecule has 1 aliphatic heterocycles. The minimum Gasteiger partial charge on any atom is -0.348 e. The first kappa shape index (κ1) is 23.7. The van der Waals surface area contributed by atoms with Gasteiger partial charge in [0.05, 0.1) is 18.9 Å². The molecule has 0 spiro atoms. The van der Waals surface area contributed by atoms with E-state index in [4.69, 9.17) is 0 Å². The summed E-state index contributed by atoms with van der Waals surface area (Å²) in [6, 6.07) is 16.7. The Morgan fingerprint density at radius 3 is 2.41 bits per heavy atom. The number of benzene rings is 2. The Labute approximate surface area is 199 Å². The van der Waals surface area contributed by atoms with Crippen molar-refractivity contribution >= 4 is 11.8 Å². The van der Waals surface area contributed by atoms with Gasteiger partial charge in [0.2, 0.25) is 11.8 Å². The van der Waals surface area contributed by atoms with Gasteiger partial charge in [-0.1, -0.05) is 68.4 Å². The fourth-order valence-corrected chi connectivity index (χ4v) is 4.43. The summed E-state index contributed by atoms with van der Waals surface area (Å²) < 4.78 is 14.4. The van der Waals surface area contributed by atoms with Gasteiger partial charge < -0.3 is 15.2 Å². The zero-order valence-corrected chi connectivity index (χ0v) is 19.6. The molecule has 178 valence electrons. The van der Waals surface area contributed by atoms with Crippen LogP contribution in [0.2, 0.25) is 0 Å². The number of imidazole rings is 1. The van der Waals surface area contributed by atoms with E-state index in [1.807, 2.05) is 42.5 Å². The third-order valence-corrected chi connectivity index (χ3v) is 6.39. The van der Waals surface area contributed by atoms with Crippen molar-refractivity contribution in [2.75, 3.05) is 6.54 Å². The number of alkyl halides is 1. The lowest BCUT2D eigenvalue weighted by molar-refractivity contribution is -0.138. The molecule has 1 fully saturated rings. The summed E-state index contributed by atoms with van der Waals surface area (Å²) in [6.07, 6.45) is 2.67. The van der Waals surface area contributed by atoms with E-state index >= 15 is 0 Å². The van der Waals surface area contributed by atoms with Crippen LogP contribution in [0.25, 0.3) is 0 Å². The molecule has 0 radical (unpaired) electrons. The Kier molecular flexibility index (Phi) is 7.40. The predicted octanol–water partition coefficient (Wildman–Crippen LogP) is 4.31. The van der Waals surface area contributed by atoms with Crippen molar-refractivity contribution in [1.29, 1.82) is 0 Å². The molecule has 1 aromatic heterocycles. The predicted molar refractivity (Wildman–Crippen MR) is 129 cm³/mol. The Hall–Kier alpha value is -3.48. The normalized spacial score (nSPS) is 18.8. The fourth-order valence-electron chi connectivity index (χ4n) is 4.43. The molecule has 6 nitrogen and oxygen atoms in total. The smallest absolute Gasteiger partial charge is 0.243 e. The molecule has 2 heterocycles. The summed E-state index contributed by atoms with van der Waals surface area (Å²) in [5, 5.41) is 3.10. The maximum Gasteiger partial charge on any atom is 0.243 e. The average Bonchev–Trinajstić information content (AvgIpc) is 3.51. The molecule has 0 saturated carbocycles. The topological polar surface area (TPSA) is 78.1 Å². The molecule has 3 aromatic rings. The summed E-state index contributed by atoms with van der Waals surface area (Å²) in [4.78, 5) is 34.6. The Bertz CT molecular complexity index is 1080. The lowest BCUT2D eigenvalue weighted by atomic mass is 9.95. The molecular weight excluding hydrogens is 431 g/mol. The number of likely N-dealkylation sites (tertiary alicyclic amines) is 1. The van der Waals surface area contributed by atoms with Gasteiger partial charge in [-0.3, -0.25) is 9.59 Å². The summed E-state index contributed by atoms with van der Waals surface area (Å²) in [5.41, 5.74) is 3.92. The number of hydrogen-bond donors (Lipinski definition) is 2. The molecule has 2 amide bonds. The van der Waals surface area contributed by atoms with Crippen LogP contribution in [-0.4, -0.2) is 45.4 Å². The minimum absolute atomic E-state index is 0.00935. The molecule has 2 N–H and O–H groups in total. The second kappa shape index (κ2) is 10.6. The Balaban J connectivity index is 1.52. The number of H-pyrrole nitrogens is 1. The highest BCUT2D eigenvalue weighted by Gasteiger charge is 2.40. The molecule has 7 heteroatoms. The first-order valence-corrected chi connectivity index (χ1v) is 11.8. The van der Waals surface area contributed by atoms with Gasteiger partial charge in [0.15, 0.2) is 0 Å². The Morgan fingerprint density at radius 2 is 1.76 bits per heavy atom. The number of halogens is 1. The van der Waals surface area contributed by atoms with E-state index < -0.39 is 18.3 Å². The number of nitrogens with one attached hydrogen (secondary N) is 2. The third kappa shape index (κ3) is 5.53. The van der Waals surface area contributed by atoms with Crippen molar-refractivity contribution in [3.63, 3.8) is 0 Å². The highest BCUT2D eigenvalue weighted by atomic mass is 19.1. The molecule has 2 aromatic carbocycles.